The molecule has 14 heavy (non-hydrogen) atoms. The molecule has 1 unspecified atom stereocenters. The number of aliphatic hydroxyl groups excluding tert-OH is 2. The fourth-order valence-corrected chi connectivity index (χ4v) is 1.05. The lowest BCUT2D eigenvalue weighted by Gasteiger charge is -2.08. The largest absolute Gasteiger partial charge is 0.464 e. The number of aliphatic hydroxyl groups is 2. The van der Waals surface area contributed by atoms with Crippen LogP contribution in [0.4, 0.5) is 0 Å². The SMILES string of the molecule is CCCC(O)C(=O)OCCCCCO. The Bertz CT molecular complexity index is 147. The molecule has 4 heteroatoms. The van der Waals surface area contributed by atoms with Crippen LogP contribution in [0.25, 0.3) is 0 Å². The summed E-state index contributed by atoms with van der Waals surface area (Å²) in [5, 5.41) is 17.7. The van der Waals surface area contributed by atoms with Crippen LogP contribution in [0.2, 0.25) is 0 Å². The molecule has 0 rings (SSSR count). The van der Waals surface area contributed by atoms with Crippen molar-refractivity contribution in [3.63, 3.8) is 0 Å². The van der Waals surface area contributed by atoms with E-state index in [0.717, 1.165) is 25.7 Å². The molecule has 2 N–H and O–H groups in total. The Morgan fingerprint density at radius 3 is 2.64 bits per heavy atom. The molecule has 0 aromatic carbocycles. The van der Waals surface area contributed by atoms with Gasteiger partial charge < -0.3 is 14.9 Å². The fraction of sp³-hybridized carbons (Fsp3) is 0.900. The van der Waals surface area contributed by atoms with Crippen molar-refractivity contribution >= 4 is 5.97 Å². The lowest BCUT2D eigenvalue weighted by molar-refractivity contribution is -0.154. The van der Waals surface area contributed by atoms with E-state index in [2.05, 4.69) is 0 Å². The van der Waals surface area contributed by atoms with E-state index < -0.39 is 12.1 Å². The number of carbonyl (C=O) groups is 1. The average Bonchev–Trinajstić information content (AvgIpc) is 2.17. The normalized spacial score (nSPS) is 12.5. The minimum Gasteiger partial charge on any atom is -0.464 e. The minimum absolute atomic E-state index is 0.173. The molecule has 0 aromatic rings. The van der Waals surface area contributed by atoms with Crippen LogP contribution in [0.15, 0.2) is 0 Å². The Balaban J connectivity index is 3.34. The minimum atomic E-state index is -0.974. The van der Waals surface area contributed by atoms with Gasteiger partial charge in [-0.1, -0.05) is 13.3 Å². The van der Waals surface area contributed by atoms with E-state index in [1.54, 1.807) is 0 Å². The van der Waals surface area contributed by atoms with Crippen LogP contribution in [0, 0.1) is 0 Å². The first-order chi connectivity index (χ1) is 6.72. The van der Waals surface area contributed by atoms with E-state index >= 15 is 0 Å². The molecule has 0 aliphatic heterocycles. The third-order valence-corrected chi connectivity index (χ3v) is 1.88. The second kappa shape index (κ2) is 8.97. The molecule has 1 atom stereocenters. The number of esters is 1. The highest BCUT2D eigenvalue weighted by atomic mass is 16.5. The van der Waals surface area contributed by atoms with Gasteiger partial charge in [-0.05, 0) is 25.7 Å². The van der Waals surface area contributed by atoms with Crippen LogP contribution in [-0.2, 0) is 9.53 Å². The Kier molecular flexibility index (Phi) is 8.57. The maximum Gasteiger partial charge on any atom is 0.334 e. The molecule has 0 fully saturated rings. The second-order valence-corrected chi connectivity index (χ2v) is 3.26. The Hall–Kier alpha value is -0.610. The summed E-state index contributed by atoms with van der Waals surface area (Å²) in [7, 11) is 0. The van der Waals surface area contributed by atoms with Crippen LogP contribution in [0.3, 0.4) is 0 Å². The number of hydrogen-bond donors (Lipinski definition) is 2. The van der Waals surface area contributed by atoms with Crippen LogP contribution in [0.5, 0.6) is 0 Å². The molecule has 0 aliphatic rings. The van der Waals surface area contributed by atoms with Gasteiger partial charge in [0, 0.05) is 6.61 Å². The molecule has 4 nitrogen and oxygen atoms in total. The number of rotatable bonds is 8. The summed E-state index contributed by atoms with van der Waals surface area (Å²) >= 11 is 0. The zero-order chi connectivity index (χ0) is 10.8. The smallest absolute Gasteiger partial charge is 0.334 e. The van der Waals surface area contributed by atoms with E-state index in [4.69, 9.17) is 9.84 Å². The van der Waals surface area contributed by atoms with Crippen LogP contribution < -0.4 is 0 Å². The first kappa shape index (κ1) is 13.4. The van der Waals surface area contributed by atoms with Crippen molar-refractivity contribution in [3.8, 4) is 0 Å². The summed E-state index contributed by atoms with van der Waals surface area (Å²) in [5.74, 6) is -0.532. The first-order valence-electron chi connectivity index (χ1n) is 5.18. The summed E-state index contributed by atoms with van der Waals surface area (Å²) in [4.78, 5) is 11.0. The summed E-state index contributed by atoms with van der Waals surface area (Å²) < 4.78 is 4.83. The molecule has 0 amide bonds. The van der Waals surface area contributed by atoms with Gasteiger partial charge in [-0.3, -0.25) is 0 Å². The Labute approximate surface area is 84.9 Å². The third kappa shape index (κ3) is 6.86. The number of carbonyl (C=O) groups excluding carboxylic acids is 1. The fourth-order valence-electron chi connectivity index (χ4n) is 1.05. The van der Waals surface area contributed by atoms with Crippen molar-refractivity contribution in [1.29, 1.82) is 0 Å². The van der Waals surface area contributed by atoms with Crippen molar-refractivity contribution in [2.75, 3.05) is 13.2 Å². The van der Waals surface area contributed by atoms with Crippen molar-refractivity contribution < 1.29 is 19.7 Å². The second-order valence-electron chi connectivity index (χ2n) is 3.26. The standard InChI is InChI=1S/C10H20O4/c1-2-6-9(12)10(13)14-8-5-3-4-7-11/h9,11-12H,2-8H2,1H3. The number of unbranched alkanes of at least 4 members (excludes halogenated alkanes) is 2. The van der Waals surface area contributed by atoms with E-state index in [1.807, 2.05) is 6.92 Å². The third-order valence-electron chi connectivity index (χ3n) is 1.88. The highest BCUT2D eigenvalue weighted by Gasteiger charge is 2.14. The Morgan fingerprint density at radius 2 is 2.07 bits per heavy atom. The predicted octanol–water partition coefficient (Wildman–Crippen LogP) is 0.853. The monoisotopic (exact) mass is 204 g/mol. The van der Waals surface area contributed by atoms with Gasteiger partial charge in [0.05, 0.1) is 6.61 Å². The number of hydrogen-bond acceptors (Lipinski definition) is 4. The first-order valence-corrected chi connectivity index (χ1v) is 5.18. The lowest BCUT2D eigenvalue weighted by Crippen LogP contribution is -2.23. The van der Waals surface area contributed by atoms with Crippen LogP contribution >= 0.6 is 0 Å². The van der Waals surface area contributed by atoms with Crippen molar-refractivity contribution in [1.82, 2.24) is 0 Å². The summed E-state index contributed by atoms with van der Waals surface area (Å²) in [5.41, 5.74) is 0. The maximum absolute atomic E-state index is 11.0. The lowest BCUT2D eigenvalue weighted by atomic mass is 10.2. The number of ether oxygens (including phenoxy) is 1. The molecule has 0 heterocycles. The van der Waals surface area contributed by atoms with E-state index in [-0.39, 0.29) is 6.61 Å². The Morgan fingerprint density at radius 1 is 1.36 bits per heavy atom. The predicted molar refractivity (Wildman–Crippen MR) is 52.8 cm³/mol. The van der Waals surface area contributed by atoms with Gasteiger partial charge in [-0.2, -0.15) is 0 Å². The topological polar surface area (TPSA) is 66.8 Å². The van der Waals surface area contributed by atoms with Gasteiger partial charge in [0.2, 0.25) is 0 Å². The highest BCUT2D eigenvalue weighted by Crippen LogP contribution is 2.00. The van der Waals surface area contributed by atoms with Crippen molar-refractivity contribution in [2.24, 2.45) is 0 Å². The maximum atomic E-state index is 11.0. The summed E-state index contributed by atoms with van der Waals surface area (Å²) in [6.07, 6.45) is 2.56. The van der Waals surface area contributed by atoms with Gasteiger partial charge in [-0.25, -0.2) is 4.79 Å². The van der Waals surface area contributed by atoms with Crippen molar-refractivity contribution in [2.45, 2.75) is 45.1 Å². The molecule has 0 aromatic heterocycles. The quantitative estimate of drug-likeness (QED) is 0.454. The van der Waals surface area contributed by atoms with Crippen molar-refractivity contribution in [3.05, 3.63) is 0 Å². The molecule has 0 saturated carbocycles. The van der Waals surface area contributed by atoms with E-state index in [0.29, 0.717) is 13.0 Å². The van der Waals surface area contributed by atoms with Gasteiger partial charge >= 0.3 is 5.97 Å². The molecule has 84 valence electrons. The zero-order valence-corrected chi connectivity index (χ0v) is 8.74. The molecule has 0 aliphatic carbocycles. The van der Waals surface area contributed by atoms with Crippen LogP contribution in [0.1, 0.15) is 39.0 Å². The van der Waals surface area contributed by atoms with Gasteiger partial charge in [0.1, 0.15) is 0 Å². The highest BCUT2D eigenvalue weighted by molar-refractivity contribution is 5.74. The molecular formula is C10H20O4. The van der Waals surface area contributed by atoms with Crippen LogP contribution in [-0.4, -0.2) is 35.5 Å². The average molecular weight is 204 g/mol. The molecule has 0 bridgehead atoms. The van der Waals surface area contributed by atoms with Gasteiger partial charge in [0.15, 0.2) is 6.10 Å². The zero-order valence-electron chi connectivity index (χ0n) is 8.74. The van der Waals surface area contributed by atoms with Gasteiger partial charge in [-0.15, -0.1) is 0 Å². The van der Waals surface area contributed by atoms with Gasteiger partial charge in [0.25, 0.3) is 0 Å². The molecule has 0 saturated heterocycles. The van der Waals surface area contributed by atoms with E-state index in [9.17, 15) is 9.90 Å². The molecule has 0 radical (unpaired) electrons. The summed E-state index contributed by atoms with van der Waals surface area (Å²) in [6.45, 7) is 2.41. The summed E-state index contributed by atoms with van der Waals surface area (Å²) in [6, 6.07) is 0. The van der Waals surface area contributed by atoms with E-state index in [1.165, 1.54) is 0 Å². The molecular weight excluding hydrogens is 184 g/mol. The molecule has 0 spiro atoms.